The quantitative estimate of drug-likeness (QED) is 0.502. The Kier molecular flexibility index (Phi) is 5.88. The number of H-pyrrole nitrogens is 1. The van der Waals surface area contributed by atoms with Gasteiger partial charge in [-0.05, 0) is 52.4 Å². The Bertz CT molecular complexity index is 1230. The zero-order valence-corrected chi connectivity index (χ0v) is 16.7. The van der Waals surface area contributed by atoms with Crippen LogP contribution >= 0.6 is 0 Å². The molecule has 1 heterocycles. The zero-order chi connectivity index (χ0) is 20.9. The van der Waals surface area contributed by atoms with Gasteiger partial charge in [0, 0.05) is 30.2 Å². The van der Waals surface area contributed by atoms with Gasteiger partial charge in [-0.2, -0.15) is 4.98 Å². The van der Waals surface area contributed by atoms with Gasteiger partial charge in [0.15, 0.2) is 0 Å². The number of allylic oxidation sites excluding steroid dienone is 2. The van der Waals surface area contributed by atoms with Crippen molar-refractivity contribution in [1.29, 1.82) is 0 Å². The van der Waals surface area contributed by atoms with Crippen LogP contribution < -0.4 is 33.0 Å². The van der Waals surface area contributed by atoms with Crippen molar-refractivity contribution >= 4 is 18.0 Å². The minimum atomic E-state index is -0.353. The molecule has 30 heavy (non-hydrogen) atoms. The molecular weight excluding hydrogens is 374 g/mol. The number of aromatic amines is 1. The van der Waals surface area contributed by atoms with E-state index in [1.165, 1.54) is 0 Å². The van der Waals surface area contributed by atoms with E-state index in [0.29, 0.717) is 25.5 Å². The van der Waals surface area contributed by atoms with Crippen LogP contribution in [-0.2, 0) is 19.6 Å². The minimum Gasteiger partial charge on any atom is -0.365 e. The van der Waals surface area contributed by atoms with Crippen LogP contribution in [0.1, 0.15) is 23.1 Å². The summed E-state index contributed by atoms with van der Waals surface area (Å²) < 4.78 is 0. The highest BCUT2D eigenvalue weighted by Crippen LogP contribution is 2.23. The molecule has 0 bridgehead atoms. The van der Waals surface area contributed by atoms with Crippen molar-refractivity contribution in [3.63, 3.8) is 0 Å². The average molecular weight is 399 g/mol. The highest BCUT2D eigenvalue weighted by Gasteiger charge is 2.05. The minimum absolute atomic E-state index is 0.353. The highest BCUT2D eigenvalue weighted by molar-refractivity contribution is 5.65. The SMILES string of the molecule is NCc1cc(CN)cc(-c2ccc(CNc3nc(=O)[nH]c4c3=CC=CCC=4)cc2)c1. The van der Waals surface area contributed by atoms with Crippen LogP contribution in [0.15, 0.2) is 59.4 Å². The van der Waals surface area contributed by atoms with Crippen LogP contribution in [0, 0.1) is 0 Å². The van der Waals surface area contributed by atoms with E-state index in [-0.39, 0.29) is 5.69 Å². The second-order valence-corrected chi connectivity index (χ2v) is 7.25. The smallest absolute Gasteiger partial charge is 0.347 e. The van der Waals surface area contributed by atoms with Gasteiger partial charge in [-0.1, -0.05) is 48.6 Å². The Morgan fingerprint density at radius 3 is 2.40 bits per heavy atom. The molecule has 0 saturated carbocycles. The zero-order valence-electron chi connectivity index (χ0n) is 16.7. The fourth-order valence-corrected chi connectivity index (χ4v) is 3.56. The number of hydrogen-bond acceptors (Lipinski definition) is 5. The molecule has 0 fully saturated rings. The molecule has 2 aromatic carbocycles. The van der Waals surface area contributed by atoms with E-state index in [1.807, 2.05) is 30.4 Å². The van der Waals surface area contributed by atoms with E-state index >= 15 is 0 Å². The summed E-state index contributed by atoms with van der Waals surface area (Å²) in [6, 6.07) is 14.6. The summed E-state index contributed by atoms with van der Waals surface area (Å²) >= 11 is 0. The molecule has 0 spiro atoms. The Hall–Kier alpha value is -3.48. The van der Waals surface area contributed by atoms with Crippen molar-refractivity contribution in [1.82, 2.24) is 9.97 Å². The largest absolute Gasteiger partial charge is 0.365 e. The lowest BCUT2D eigenvalue weighted by atomic mass is 9.99. The maximum atomic E-state index is 11.9. The number of rotatable bonds is 6. The molecule has 0 radical (unpaired) electrons. The van der Waals surface area contributed by atoms with Gasteiger partial charge < -0.3 is 21.8 Å². The maximum Gasteiger partial charge on any atom is 0.347 e. The van der Waals surface area contributed by atoms with Crippen molar-refractivity contribution in [3.8, 4) is 11.1 Å². The van der Waals surface area contributed by atoms with Crippen molar-refractivity contribution in [2.24, 2.45) is 11.5 Å². The fourth-order valence-electron chi connectivity index (χ4n) is 3.56. The molecule has 1 aromatic heterocycles. The highest BCUT2D eigenvalue weighted by atomic mass is 16.1. The lowest BCUT2D eigenvalue weighted by Crippen LogP contribution is -2.38. The summed E-state index contributed by atoms with van der Waals surface area (Å²) in [4.78, 5) is 18.8. The van der Waals surface area contributed by atoms with Gasteiger partial charge in [0.05, 0.1) is 0 Å². The van der Waals surface area contributed by atoms with Crippen LogP contribution in [0.5, 0.6) is 0 Å². The molecular formula is C24H25N5O. The molecule has 1 aliphatic rings. The number of aromatic nitrogens is 2. The summed E-state index contributed by atoms with van der Waals surface area (Å²) in [5.41, 5.74) is 16.7. The van der Waals surface area contributed by atoms with Gasteiger partial charge >= 0.3 is 5.69 Å². The number of nitrogens with zero attached hydrogens (tertiary/aromatic N) is 1. The van der Waals surface area contributed by atoms with Gasteiger partial charge in [-0.3, -0.25) is 0 Å². The van der Waals surface area contributed by atoms with E-state index < -0.39 is 0 Å². The number of anilines is 1. The van der Waals surface area contributed by atoms with Gasteiger partial charge in [-0.25, -0.2) is 4.79 Å². The average Bonchev–Trinajstić information content (AvgIpc) is 3.03. The summed E-state index contributed by atoms with van der Waals surface area (Å²) in [6.45, 7) is 1.54. The molecule has 1 aliphatic carbocycles. The Morgan fingerprint density at radius 2 is 1.70 bits per heavy atom. The molecule has 4 rings (SSSR count). The number of fused-ring (bicyclic) bond motifs is 1. The molecule has 6 nitrogen and oxygen atoms in total. The van der Waals surface area contributed by atoms with Crippen LogP contribution in [0.3, 0.4) is 0 Å². The van der Waals surface area contributed by atoms with Gasteiger partial charge in [-0.15, -0.1) is 0 Å². The summed E-state index contributed by atoms with van der Waals surface area (Å²) in [5.74, 6) is 0.587. The Balaban J connectivity index is 1.56. The second-order valence-electron chi connectivity index (χ2n) is 7.25. The molecule has 0 aliphatic heterocycles. The molecule has 152 valence electrons. The first-order chi connectivity index (χ1) is 14.7. The van der Waals surface area contributed by atoms with Gasteiger partial charge in [0.25, 0.3) is 0 Å². The van der Waals surface area contributed by atoms with E-state index in [2.05, 4.69) is 51.7 Å². The van der Waals surface area contributed by atoms with Crippen molar-refractivity contribution < 1.29 is 0 Å². The Labute approximate surface area is 174 Å². The topological polar surface area (TPSA) is 110 Å². The van der Waals surface area contributed by atoms with Crippen LogP contribution in [0.4, 0.5) is 5.82 Å². The molecule has 3 aromatic rings. The van der Waals surface area contributed by atoms with E-state index in [9.17, 15) is 4.79 Å². The molecule has 6 N–H and O–H groups in total. The van der Waals surface area contributed by atoms with Crippen molar-refractivity contribution in [2.45, 2.75) is 26.1 Å². The monoisotopic (exact) mass is 399 g/mol. The van der Waals surface area contributed by atoms with Crippen LogP contribution in [0.25, 0.3) is 23.3 Å². The second kappa shape index (κ2) is 8.90. The predicted molar refractivity (Wildman–Crippen MR) is 122 cm³/mol. The first-order valence-electron chi connectivity index (χ1n) is 10.00. The third kappa shape index (κ3) is 4.40. The van der Waals surface area contributed by atoms with Crippen LogP contribution in [-0.4, -0.2) is 9.97 Å². The molecule has 0 atom stereocenters. The molecule has 0 saturated heterocycles. The lowest BCUT2D eigenvalue weighted by Gasteiger charge is -2.10. The summed E-state index contributed by atoms with van der Waals surface area (Å²) in [5, 5.41) is 5.00. The number of benzene rings is 2. The van der Waals surface area contributed by atoms with Crippen LogP contribution in [0.2, 0.25) is 0 Å². The predicted octanol–water partition coefficient (Wildman–Crippen LogP) is 1.49. The standard InChI is InChI=1S/C24H25N5O/c25-13-17-10-18(14-26)12-20(11-17)19-8-6-16(7-9-19)15-27-23-21-4-2-1-3-5-22(21)28-24(30)29-23/h1-2,4-12H,3,13-15,25-26H2,(H2,27,28,29,30). The Morgan fingerprint density at radius 1 is 0.967 bits per heavy atom. The van der Waals surface area contributed by atoms with E-state index in [1.54, 1.807) is 0 Å². The third-order valence-electron chi connectivity index (χ3n) is 5.13. The first-order valence-corrected chi connectivity index (χ1v) is 10.00. The number of nitrogens with one attached hydrogen (secondary N) is 2. The molecule has 0 amide bonds. The number of hydrogen-bond donors (Lipinski definition) is 4. The van der Waals surface area contributed by atoms with E-state index in [0.717, 1.165) is 44.8 Å². The lowest BCUT2D eigenvalue weighted by molar-refractivity contribution is 0.995. The normalized spacial score (nSPS) is 12.5. The molecule has 0 unspecified atom stereocenters. The third-order valence-corrected chi connectivity index (χ3v) is 5.13. The van der Waals surface area contributed by atoms with Crippen molar-refractivity contribution in [2.75, 3.05) is 5.32 Å². The maximum absolute atomic E-state index is 11.9. The first kappa shape index (κ1) is 19.8. The van der Waals surface area contributed by atoms with Crippen molar-refractivity contribution in [3.05, 3.63) is 92.4 Å². The number of nitrogens with two attached hydrogens (primary N) is 2. The summed E-state index contributed by atoms with van der Waals surface area (Å²) in [6.07, 6.45) is 8.75. The fraction of sp³-hybridized carbons (Fsp3) is 0.167. The summed E-state index contributed by atoms with van der Waals surface area (Å²) in [7, 11) is 0. The van der Waals surface area contributed by atoms with Gasteiger partial charge in [0.2, 0.25) is 0 Å². The van der Waals surface area contributed by atoms with E-state index in [4.69, 9.17) is 11.5 Å². The molecule has 6 heteroatoms. The van der Waals surface area contributed by atoms with Gasteiger partial charge in [0.1, 0.15) is 5.82 Å².